The summed E-state index contributed by atoms with van der Waals surface area (Å²) in [4.78, 5) is 36.2. The molecule has 2 rings (SSSR count). The smallest absolute Gasteiger partial charge is 0.313 e. The summed E-state index contributed by atoms with van der Waals surface area (Å²) in [6.45, 7) is 0.152. The average Bonchev–Trinajstić information content (AvgIpc) is 2.96. The highest BCUT2D eigenvalue weighted by Gasteiger charge is 2.36. The number of nitrogens with zero attached hydrogens (tertiary/aromatic N) is 2. The first-order valence-electron chi connectivity index (χ1n) is 7.90. The van der Waals surface area contributed by atoms with E-state index >= 15 is 0 Å². The highest BCUT2D eigenvalue weighted by Crippen LogP contribution is 2.27. The van der Waals surface area contributed by atoms with Crippen molar-refractivity contribution in [3.05, 3.63) is 33.3 Å². The second-order valence-corrected chi connectivity index (χ2v) is 8.56. The molecule has 0 aliphatic carbocycles. The van der Waals surface area contributed by atoms with Crippen molar-refractivity contribution < 1.29 is 27.7 Å². The number of non-ortho nitro benzene ring substituents is 1. The molecule has 148 valence electrons. The number of nitrogens with one attached hydrogen (secondary N) is 1. The van der Waals surface area contributed by atoms with Crippen LogP contribution in [-0.2, 0) is 24.2 Å². The molecule has 0 saturated carbocycles. The highest BCUT2D eigenvalue weighted by molar-refractivity contribution is 7.91. The molecule has 1 atom stereocenters. The number of carbonyl (C=O) groups excluding carboxylic acids is 2. The van der Waals surface area contributed by atoms with E-state index < -0.39 is 32.6 Å². The van der Waals surface area contributed by atoms with Crippen LogP contribution in [0.3, 0.4) is 0 Å². The van der Waals surface area contributed by atoms with Gasteiger partial charge in [0.1, 0.15) is 0 Å². The van der Waals surface area contributed by atoms with Crippen molar-refractivity contribution in [2.75, 3.05) is 37.1 Å². The summed E-state index contributed by atoms with van der Waals surface area (Å²) in [5, 5.41) is 13.1. The van der Waals surface area contributed by atoms with Crippen molar-refractivity contribution in [3.8, 4) is 0 Å². The van der Waals surface area contributed by atoms with Gasteiger partial charge in [0.2, 0.25) is 0 Å². The summed E-state index contributed by atoms with van der Waals surface area (Å²) < 4.78 is 28.3. The molecule has 1 unspecified atom stereocenters. The lowest BCUT2D eigenvalue weighted by molar-refractivity contribution is -0.384. The Hall–Kier alpha value is -2.24. The van der Waals surface area contributed by atoms with E-state index in [0.29, 0.717) is 0 Å². The third-order valence-corrected chi connectivity index (χ3v) is 6.13. The molecule has 1 heterocycles. The Morgan fingerprint density at radius 3 is 2.70 bits per heavy atom. The van der Waals surface area contributed by atoms with Crippen LogP contribution in [0.2, 0.25) is 5.02 Å². The van der Waals surface area contributed by atoms with Gasteiger partial charge in [-0.25, -0.2) is 8.42 Å². The SMILES string of the molecule is COCCN(C(=O)C(=O)Nc1cc([N+](=O)[O-])ccc1Cl)C1CCS(=O)(=O)C1. The number of nitro benzene ring substituents is 1. The summed E-state index contributed by atoms with van der Waals surface area (Å²) in [6.07, 6.45) is 0.225. The zero-order valence-corrected chi connectivity index (χ0v) is 16.0. The first kappa shape index (κ1) is 21.1. The van der Waals surface area contributed by atoms with Crippen LogP contribution >= 0.6 is 11.6 Å². The standard InChI is InChI=1S/C15H18ClN3O7S/c1-26-6-5-18(11-4-7-27(24,25)9-11)15(21)14(20)17-13-8-10(19(22)23)2-3-12(13)16/h2-3,8,11H,4-7,9H2,1H3,(H,17,20). The minimum Gasteiger partial charge on any atom is -0.383 e. The van der Waals surface area contributed by atoms with Gasteiger partial charge in [-0.15, -0.1) is 0 Å². The van der Waals surface area contributed by atoms with Gasteiger partial charge >= 0.3 is 11.8 Å². The van der Waals surface area contributed by atoms with E-state index in [9.17, 15) is 28.1 Å². The van der Waals surface area contributed by atoms with E-state index in [2.05, 4.69) is 5.32 Å². The second-order valence-electron chi connectivity index (χ2n) is 5.92. The predicted molar refractivity (Wildman–Crippen MR) is 97.4 cm³/mol. The Morgan fingerprint density at radius 1 is 1.44 bits per heavy atom. The van der Waals surface area contributed by atoms with E-state index in [0.717, 1.165) is 17.0 Å². The molecule has 1 aliphatic heterocycles. The summed E-state index contributed by atoms with van der Waals surface area (Å²) in [5.74, 6) is -2.32. The molecule has 0 spiro atoms. The average molecular weight is 420 g/mol. The Labute approximate surface area is 160 Å². The number of ether oxygens (including phenoxy) is 1. The van der Waals surface area contributed by atoms with Gasteiger partial charge in [-0.05, 0) is 12.5 Å². The van der Waals surface area contributed by atoms with E-state index in [4.69, 9.17) is 16.3 Å². The van der Waals surface area contributed by atoms with Crippen molar-refractivity contribution in [2.24, 2.45) is 0 Å². The monoisotopic (exact) mass is 419 g/mol. The van der Waals surface area contributed by atoms with E-state index in [-0.39, 0.29) is 47.5 Å². The number of anilines is 1. The van der Waals surface area contributed by atoms with E-state index in [1.807, 2.05) is 0 Å². The molecule has 10 nitrogen and oxygen atoms in total. The van der Waals surface area contributed by atoms with Crippen molar-refractivity contribution in [1.29, 1.82) is 0 Å². The van der Waals surface area contributed by atoms with Crippen LogP contribution in [0.1, 0.15) is 6.42 Å². The minimum absolute atomic E-state index is 0.0219. The molecular formula is C15H18ClN3O7S. The molecule has 27 heavy (non-hydrogen) atoms. The van der Waals surface area contributed by atoms with Gasteiger partial charge in [0, 0.05) is 31.8 Å². The summed E-state index contributed by atoms with van der Waals surface area (Å²) in [6, 6.07) is 2.79. The largest absolute Gasteiger partial charge is 0.383 e. The van der Waals surface area contributed by atoms with Crippen molar-refractivity contribution >= 4 is 44.6 Å². The number of hydrogen-bond acceptors (Lipinski definition) is 7. The fourth-order valence-corrected chi connectivity index (χ4v) is 4.59. The van der Waals surface area contributed by atoms with Gasteiger partial charge < -0.3 is 15.0 Å². The number of hydrogen-bond donors (Lipinski definition) is 1. The zero-order valence-electron chi connectivity index (χ0n) is 14.4. The third-order valence-electron chi connectivity index (χ3n) is 4.05. The van der Waals surface area contributed by atoms with E-state index in [1.165, 1.54) is 13.2 Å². The summed E-state index contributed by atoms with van der Waals surface area (Å²) in [7, 11) is -1.85. The number of nitro groups is 1. The molecule has 1 saturated heterocycles. The van der Waals surface area contributed by atoms with Crippen molar-refractivity contribution in [1.82, 2.24) is 4.90 Å². The topological polar surface area (TPSA) is 136 Å². The predicted octanol–water partition coefficient (Wildman–Crippen LogP) is 0.849. The molecule has 1 N–H and O–H groups in total. The first-order valence-corrected chi connectivity index (χ1v) is 10.1. The number of halogens is 1. The third kappa shape index (κ3) is 5.37. The number of benzene rings is 1. The molecule has 0 radical (unpaired) electrons. The maximum atomic E-state index is 12.6. The molecule has 2 amide bonds. The van der Waals surface area contributed by atoms with Gasteiger partial charge in [-0.1, -0.05) is 11.6 Å². The Balaban J connectivity index is 2.18. The van der Waals surface area contributed by atoms with Crippen LogP contribution in [0.15, 0.2) is 18.2 Å². The number of rotatable bonds is 6. The summed E-state index contributed by atoms with van der Waals surface area (Å²) >= 11 is 5.92. The van der Waals surface area contributed by atoms with Crippen LogP contribution in [-0.4, -0.2) is 67.9 Å². The van der Waals surface area contributed by atoms with Crippen molar-refractivity contribution in [3.63, 3.8) is 0 Å². The number of carbonyl (C=O) groups is 2. The molecule has 1 aromatic carbocycles. The molecular weight excluding hydrogens is 402 g/mol. The number of sulfone groups is 1. The van der Waals surface area contributed by atoms with Gasteiger partial charge in [0.05, 0.1) is 33.7 Å². The maximum absolute atomic E-state index is 12.6. The van der Waals surface area contributed by atoms with E-state index in [1.54, 1.807) is 0 Å². The zero-order chi connectivity index (χ0) is 20.2. The van der Waals surface area contributed by atoms with Crippen LogP contribution in [0.4, 0.5) is 11.4 Å². The highest BCUT2D eigenvalue weighted by atomic mass is 35.5. The van der Waals surface area contributed by atoms with Crippen LogP contribution in [0.25, 0.3) is 0 Å². The Bertz CT molecular complexity index is 859. The number of amides is 2. The molecule has 0 bridgehead atoms. The fourth-order valence-electron chi connectivity index (χ4n) is 2.69. The van der Waals surface area contributed by atoms with Gasteiger partial charge in [0.15, 0.2) is 9.84 Å². The quantitative estimate of drug-likeness (QED) is 0.410. The first-order chi connectivity index (χ1) is 12.6. The van der Waals surface area contributed by atoms with Crippen LogP contribution < -0.4 is 5.32 Å². The molecule has 1 fully saturated rings. The fraction of sp³-hybridized carbons (Fsp3) is 0.467. The molecule has 0 aromatic heterocycles. The molecule has 1 aromatic rings. The Kier molecular flexibility index (Phi) is 6.73. The Morgan fingerprint density at radius 2 is 2.15 bits per heavy atom. The van der Waals surface area contributed by atoms with Crippen LogP contribution in [0.5, 0.6) is 0 Å². The number of methoxy groups -OCH3 is 1. The van der Waals surface area contributed by atoms with Crippen LogP contribution in [0, 0.1) is 10.1 Å². The van der Waals surface area contributed by atoms with Crippen molar-refractivity contribution in [2.45, 2.75) is 12.5 Å². The maximum Gasteiger partial charge on any atom is 0.313 e. The van der Waals surface area contributed by atoms with Gasteiger partial charge in [-0.2, -0.15) is 0 Å². The van der Waals surface area contributed by atoms with Gasteiger partial charge in [0.25, 0.3) is 5.69 Å². The molecule has 12 heteroatoms. The lowest BCUT2D eigenvalue weighted by atomic mass is 10.2. The second kappa shape index (κ2) is 8.63. The minimum atomic E-state index is -3.27. The van der Waals surface area contributed by atoms with Gasteiger partial charge in [-0.3, -0.25) is 19.7 Å². The lowest BCUT2D eigenvalue weighted by Gasteiger charge is -2.27. The molecule has 1 aliphatic rings. The summed E-state index contributed by atoms with van der Waals surface area (Å²) in [5.41, 5.74) is -0.393. The lowest BCUT2D eigenvalue weighted by Crippen LogP contribution is -2.48. The normalized spacial score (nSPS) is 18.1.